The molecule has 0 spiro atoms. The van der Waals surface area contributed by atoms with Gasteiger partial charge < -0.3 is 0 Å². The number of hydrogen-bond acceptors (Lipinski definition) is 0. The van der Waals surface area contributed by atoms with Crippen molar-refractivity contribution in [1.82, 2.24) is 0 Å². The Kier molecular flexibility index (Phi) is 6.87. The second-order valence-electron chi connectivity index (χ2n) is 4.50. The smallest absolute Gasteiger partial charge is 0.181 e. The fraction of sp³-hybridized carbons (Fsp3) is 0.667. The number of aryl methyl sites for hydroxylation is 2. The Hall–Kier alpha value is -0.850. The molecule has 16 heavy (non-hydrogen) atoms. The lowest BCUT2D eigenvalue weighted by molar-refractivity contribution is -0.700. The van der Waals surface area contributed by atoms with Crippen molar-refractivity contribution in [3.05, 3.63) is 30.1 Å². The van der Waals surface area contributed by atoms with Crippen molar-refractivity contribution in [2.45, 2.75) is 65.3 Å². The summed E-state index contributed by atoms with van der Waals surface area (Å²) in [7, 11) is 0. The zero-order valence-electron chi connectivity index (χ0n) is 10.9. The Morgan fingerprint density at radius 1 is 0.938 bits per heavy atom. The van der Waals surface area contributed by atoms with Crippen molar-refractivity contribution < 1.29 is 4.57 Å². The molecular formula is C15H26N+. The maximum Gasteiger partial charge on any atom is 0.181 e. The van der Waals surface area contributed by atoms with Gasteiger partial charge in [-0.1, -0.05) is 45.1 Å². The van der Waals surface area contributed by atoms with Crippen molar-refractivity contribution >= 4 is 0 Å². The molecule has 0 aliphatic carbocycles. The van der Waals surface area contributed by atoms with E-state index in [1.165, 1.54) is 50.6 Å². The highest BCUT2D eigenvalue weighted by molar-refractivity contribution is 4.97. The summed E-state index contributed by atoms with van der Waals surface area (Å²) >= 11 is 0. The number of aromatic nitrogens is 1. The van der Waals surface area contributed by atoms with Crippen LogP contribution in [0.5, 0.6) is 0 Å². The molecule has 1 heterocycles. The molecule has 1 aromatic heterocycles. The van der Waals surface area contributed by atoms with E-state index in [4.69, 9.17) is 0 Å². The maximum atomic E-state index is 2.35. The summed E-state index contributed by atoms with van der Waals surface area (Å²) in [6.07, 6.45) is 11.7. The Labute approximate surface area is 101 Å². The van der Waals surface area contributed by atoms with E-state index in [1.807, 2.05) is 0 Å². The largest absolute Gasteiger partial charge is 0.203 e. The number of hydrogen-bond donors (Lipinski definition) is 0. The first-order valence-electron chi connectivity index (χ1n) is 6.85. The lowest BCUT2D eigenvalue weighted by atomic mass is 10.1. The molecule has 0 atom stereocenters. The van der Waals surface area contributed by atoms with Crippen LogP contribution >= 0.6 is 0 Å². The summed E-state index contributed by atoms with van der Waals surface area (Å²) in [4.78, 5) is 0. The predicted molar refractivity (Wildman–Crippen MR) is 69.4 cm³/mol. The normalized spacial score (nSPS) is 10.6. The van der Waals surface area contributed by atoms with E-state index in [1.54, 1.807) is 0 Å². The summed E-state index contributed by atoms with van der Waals surface area (Å²) in [6.45, 7) is 5.57. The van der Waals surface area contributed by atoms with Crippen LogP contribution in [0, 0.1) is 0 Å². The third-order valence-electron chi connectivity index (χ3n) is 3.16. The standard InChI is InChI=1S/C15H26N/c1-3-5-6-7-8-9-12-15-13-10-11-14-16(15)4-2/h10-11,13-14H,3-9,12H2,1-2H3/q+1. The SMILES string of the molecule is CCCCCCCCc1cccc[n+]1CC. The van der Waals surface area contributed by atoms with Crippen molar-refractivity contribution in [1.29, 1.82) is 0 Å². The van der Waals surface area contributed by atoms with Crippen LogP contribution in [0.1, 0.15) is 58.1 Å². The monoisotopic (exact) mass is 220 g/mol. The van der Waals surface area contributed by atoms with E-state index >= 15 is 0 Å². The zero-order chi connectivity index (χ0) is 11.6. The van der Waals surface area contributed by atoms with Crippen LogP contribution in [0.4, 0.5) is 0 Å². The van der Waals surface area contributed by atoms with E-state index in [9.17, 15) is 0 Å². The average Bonchev–Trinajstić information content (AvgIpc) is 2.34. The molecule has 0 N–H and O–H groups in total. The quantitative estimate of drug-likeness (QED) is 0.462. The lowest BCUT2D eigenvalue weighted by Crippen LogP contribution is -2.36. The zero-order valence-corrected chi connectivity index (χ0v) is 10.9. The molecule has 0 aliphatic rings. The van der Waals surface area contributed by atoms with Crippen LogP contribution in [0.15, 0.2) is 24.4 Å². The fourth-order valence-corrected chi connectivity index (χ4v) is 2.13. The van der Waals surface area contributed by atoms with E-state index in [-0.39, 0.29) is 0 Å². The van der Waals surface area contributed by atoms with Gasteiger partial charge >= 0.3 is 0 Å². The minimum Gasteiger partial charge on any atom is -0.203 e. The molecule has 1 heteroatoms. The lowest BCUT2D eigenvalue weighted by Gasteiger charge is -2.02. The van der Waals surface area contributed by atoms with Gasteiger partial charge in [0.1, 0.15) is 6.54 Å². The molecule has 0 saturated carbocycles. The van der Waals surface area contributed by atoms with Gasteiger partial charge in [0, 0.05) is 18.6 Å². The molecule has 0 bridgehead atoms. The number of nitrogens with zero attached hydrogens (tertiary/aromatic N) is 1. The van der Waals surface area contributed by atoms with E-state index in [0.717, 1.165) is 6.54 Å². The van der Waals surface area contributed by atoms with Gasteiger partial charge in [-0.3, -0.25) is 0 Å². The third kappa shape index (κ3) is 4.78. The molecular weight excluding hydrogens is 194 g/mol. The average molecular weight is 220 g/mol. The fourth-order valence-electron chi connectivity index (χ4n) is 2.13. The topological polar surface area (TPSA) is 3.88 Å². The Bertz CT molecular complexity index is 281. The third-order valence-corrected chi connectivity index (χ3v) is 3.16. The molecule has 1 aromatic rings. The van der Waals surface area contributed by atoms with Crippen LogP contribution < -0.4 is 4.57 Å². The van der Waals surface area contributed by atoms with Crippen LogP contribution in [0.2, 0.25) is 0 Å². The summed E-state index contributed by atoms with van der Waals surface area (Å²) < 4.78 is 2.35. The van der Waals surface area contributed by atoms with Gasteiger partial charge in [0.15, 0.2) is 11.9 Å². The Morgan fingerprint density at radius 2 is 1.69 bits per heavy atom. The number of pyridine rings is 1. The first-order chi connectivity index (χ1) is 7.88. The van der Waals surface area contributed by atoms with Crippen LogP contribution in [0.25, 0.3) is 0 Å². The molecule has 0 amide bonds. The first-order valence-corrected chi connectivity index (χ1v) is 6.85. The van der Waals surface area contributed by atoms with E-state index in [0.29, 0.717) is 0 Å². The van der Waals surface area contributed by atoms with Gasteiger partial charge in [-0.25, -0.2) is 4.57 Å². The highest BCUT2D eigenvalue weighted by atomic mass is 14.9. The van der Waals surface area contributed by atoms with Gasteiger partial charge in [-0.15, -0.1) is 0 Å². The van der Waals surface area contributed by atoms with Crippen molar-refractivity contribution in [3.63, 3.8) is 0 Å². The summed E-state index contributed by atoms with van der Waals surface area (Å²) in [5, 5.41) is 0. The molecule has 0 aromatic carbocycles. The second-order valence-corrected chi connectivity index (χ2v) is 4.50. The summed E-state index contributed by atoms with van der Waals surface area (Å²) in [5.74, 6) is 0. The Balaban J connectivity index is 2.21. The van der Waals surface area contributed by atoms with Crippen molar-refractivity contribution in [2.24, 2.45) is 0 Å². The van der Waals surface area contributed by atoms with Crippen molar-refractivity contribution in [2.75, 3.05) is 0 Å². The predicted octanol–water partition coefficient (Wildman–Crippen LogP) is 3.90. The van der Waals surface area contributed by atoms with Gasteiger partial charge in [0.25, 0.3) is 0 Å². The van der Waals surface area contributed by atoms with E-state index < -0.39 is 0 Å². The molecule has 0 unspecified atom stereocenters. The Morgan fingerprint density at radius 3 is 2.44 bits per heavy atom. The van der Waals surface area contributed by atoms with Gasteiger partial charge in [0.2, 0.25) is 0 Å². The van der Waals surface area contributed by atoms with Gasteiger partial charge in [-0.2, -0.15) is 0 Å². The van der Waals surface area contributed by atoms with Crippen LogP contribution in [0.3, 0.4) is 0 Å². The van der Waals surface area contributed by atoms with Crippen molar-refractivity contribution in [3.8, 4) is 0 Å². The molecule has 90 valence electrons. The highest BCUT2D eigenvalue weighted by Gasteiger charge is 2.05. The van der Waals surface area contributed by atoms with Crippen LogP contribution in [-0.4, -0.2) is 0 Å². The van der Waals surface area contributed by atoms with E-state index in [2.05, 4.69) is 42.8 Å². The number of unbranched alkanes of at least 4 members (excludes halogenated alkanes) is 5. The summed E-state index contributed by atoms with van der Waals surface area (Å²) in [6, 6.07) is 6.53. The maximum absolute atomic E-state index is 2.35. The molecule has 1 nitrogen and oxygen atoms in total. The molecule has 0 aliphatic heterocycles. The second kappa shape index (κ2) is 8.32. The van der Waals surface area contributed by atoms with Crippen LogP contribution in [-0.2, 0) is 13.0 Å². The highest BCUT2D eigenvalue weighted by Crippen LogP contribution is 2.07. The minimum absolute atomic E-state index is 1.09. The molecule has 1 rings (SSSR count). The van der Waals surface area contributed by atoms with Gasteiger partial charge in [0.05, 0.1) is 0 Å². The molecule has 0 radical (unpaired) electrons. The molecule has 0 fully saturated rings. The molecule has 0 saturated heterocycles. The minimum atomic E-state index is 1.09. The summed E-state index contributed by atoms with van der Waals surface area (Å²) in [5.41, 5.74) is 1.49. The first kappa shape index (κ1) is 13.2. The number of rotatable bonds is 8. The van der Waals surface area contributed by atoms with Gasteiger partial charge in [-0.05, 0) is 13.3 Å².